The average molecular weight is 292 g/mol. The minimum Gasteiger partial charge on any atom is -0.378 e. The van der Waals surface area contributed by atoms with Crippen LogP contribution in [-0.2, 0) is 9.47 Å². The van der Waals surface area contributed by atoms with Crippen LogP contribution in [0.5, 0.6) is 0 Å². The third-order valence-electron chi connectivity index (χ3n) is 3.32. The summed E-state index contributed by atoms with van der Waals surface area (Å²) in [6, 6.07) is 0. The van der Waals surface area contributed by atoms with Crippen LogP contribution in [0.1, 0.15) is 0 Å². The smallest absolute Gasteiger partial charge is 0.230 e. The van der Waals surface area contributed by atoms with Gasteiger partial charge < -0.3 is 19.3 Å². The van der Waals surface area contributed by atoms with Gasteiger partial charge in [-0.2, -0.15) is 15.0 Å². The number of hydrogen-bond donors (Lipinski definition) is 0. The van der Waals surface area contributed by atoms with Crippen LogP contribution in [0.3, 0.4) is 0 Å². The fourth-order valence-electron chi connectivity index (χ4n) is 2.24. The summed E-state index contributed by atoms with van der Waals surface area (Å²) in [6.07, 6.45) is 0. The highest BCUT2D eigenvalue weighted by molar-refractivity contribution is 5.43. The fourth-order valence-corrected chi connectivity index (χ4v) is 2.24. The molecule has 10 nitrogen and oxygen atoms in total. The van der Waals surface area contributed by atoms with E-state index in [0.717, 1.165) is 0 Å². The van der Waals surface area contributed by atoms with Crippen molar-refractivity contribution < 1.29 is 9.47 Å². The van der Waals surface area contributed by atoms with Crippen molar-refractivity contribution in [1.82, 2.24) is 15.0 Å². The quantitative estimate of drug-likeness (QED) is 0.452. The van der Waals surface area contributed by atoms with Gasteiger partial charge in [0, 0.05) is 31.1 Å². The highest BCUT2D eigenvalue weighted by Gasteiger charge is 2.20. The lowest BCUT2D eigenvalue weighted by Crippen LogP contribution is -2.39. The minimum atomic E-state index is 0.0930. The molecule has 2 fully saturated rings. The summed E-state index contributed by atoms with van der Waals surface area (Å²) < 4.78 is 10.6. The molecule has 112 valence electrons. The van der Waals surface area contributed by atoms with Crippen molar-refractivity contribution in [2.75, 3.05) is 62.4 Å². The molecule has 2 aliphatic heterocycles. The number of rotatable bonds is 3. The Kier molecular flexibility index (Phi) is 4.29. The number of hydrogen-bond acceptors (Lipinski definition) is 8. The molecule has 1 aromatic heterocycles. The summed E-state index contributed by atoms with van der Waals surface area (Å²) in [5.41, 5.74) is 8.61. The molecule has 2 saturated heterocycles. The van der Waals surface area contributed by atoms with E-state index in [9.17, 15) is 0 Å². The summed E-state index contributed by atoms with van der Waals surface area (Å²) >= 11 is 0. The highest BCUT2D eigenvalue weighted by atomic mass is 16.5. The van der Waals surface area contributed by atoms with E-state index in [4.69, 9.17) is 15.0 Å². The van der Waals surface area contributed by atoms with Gasteiger partial charge in [-0.3, -0.25) is 0 Å². The molecule has 3 rings (SSSR count). The van der Waals surface area contributed by atoms with Crippen molar-refractivity contribution in [1.29, 1.82) is 0 Å². The molecule has 0 saturated carbocycles. The second-order valence-electron chi connectivity index (χ2n) is 4.62. The largest absolute Gasteiger partial charge is 0.378 e. The first kappa shape index (κ1) is 13.8. The molecule has 3 heterocycles. The molecule has 10 heteroatoms. The lowest BCUT2D eigenvalue weighted by Gasteiger charge is -2.29. The van der Waals surface area contributed by atoms with Crippen LogP contribution in [-0.4, -0.2) is 67.6 Å². The van der Waals surface area contributed by atoms with Gasteiger partial charge in [-0.1, -0.05) is 0 Å². The standard InChI is InChI=1S/C11H16N8O2/c12-17-16-9-13-10(18-1-5-20-6-2-18)15-11(14-9)19-3-7-21-8-4-19/h1-8H2. The number of aromatic nitrogens is 3. The van der Waals surface area contributed by atoms with Crippen LogP contribution in [0.25, 0.3) is 10.4 Å². The summed E-state index contributed by atoms with van der Waals surface area (Å²) in [5, 5.41) is 3.52. The Hall–Kier alpha value is -2.16. The van der Waals surface area contributed by atoms with Gasteiger partial charge in [-0.15, -0.1) is 0 Å². The molecule has 0 unspecified atom stereocenters. The van der Waals surface area contributed by atoms with Crippen LogP contribution in [0, 0.1) is 0 Å². The number of nitrogens with zero attached hydrogens (tertiary/aromatic N) is 8. The molecular weight excluding hydrogens is 276 g/mol. The molecule has 0 radical (unpaired) electrons. The Morgan fingerprint density at radius 1 is 0.857 bits per heavy atom. The maximum atomic E-state index is 8.61. The molecule has 2 aliphatic rings. The van der Waals surface area contributed by atoms with Gasteiger partial charge in [0.05, 0.1) is 26.4 Å². The van der Waals surface area contributed by atoms with Crippen molar-refractivity contribution in [3.63, 3.8) is 0 Å². The molecule has 0 atom stereocenters. The number of azide groups is 1. The van der Waals surface area contributed by atoms with Crippen molar-refractivity contribution >= 4 is 17.8 Å². The SMILES string of the molecule is [N-]=[N+]=Nc1nc(N2CCOCC2)nc(N2CCOCC2)n1. The highest BCUT2D eigenvalue weighted by Crippen LogP contribution is 2.19. The maximum absolute atomic E-state index is 8.61. The van der Waals surface area contributed by atoms with Crippen LogP contribution in [0.4, 0.5) is 17.8 Å². The monoisotopic (exact) mass is 292 g/mol. The van der Waals surface area contributed by atoms with E-state index in [1.807, 2.05) is 9.80 Å². The molecule has 1 aromatic rings. The number of anilines is 2. The van der Waals surface area contributed by atoms with Gasteiger partial charge in [-0.25, -0.2) is 0 Å². The molecule has 0 aliphatic carbocycles. The summed E-state index contributed by atoms with van der Waals surface area (Å²) in [6.45, 7) is 5.38. The Morgan fingerprint density at radius 2 is 1.33 bits per heavy atom. The Morgan fingerprint density at radius 3 is 1.76 bits per heavy atom. The van der Waals surface area contributed by atoms with E-state index in [-0.39, 0.29) is 5.95 Å². The third-order valence-corrected chi connectivity index (χ3v) is 3.32. The Balaban J connectivity index is 1.90. The lowest BCUT2D eigenvalue weighted by atomic mass is 10.4. The van der Waals surface area contributed by atoms with Gasteiger partial charge in [0.2, 0.25) is 17.8 Å². The first-order valence-electron chi connectivity index (χ1n) is 6.83. The van der Waals surface area contributed by atoms with E-state index in [1.165, 1.54) is 0 Å². The number of ether oxygens (including phenoxy) is 2. The van der Waals surface area contributed by atoms with Crippen LogP contribution < -0.4 is 9.80 Å². The number of morpholine rings is 2. The van der Waals surface area contributed by atoms with E-state index < -0.39 is 0 Å². The fraction of sp³-hybridized carbons (Fsp3) is 0.727. The first-order chi connectivity index (χ1) is 10.4. The summed E-state index contributed by atoms with van der Waals surface area (Å²) in [4.78, 5) is 19.7. The molecular formula is C11H16N8O2. The third kappa shape index (κ3) is 3.30. The van der Waals surface area contributed by atoms with Crippen LogP contribution >= 0.6 is 0 Å². The van der Waals surface area contributed by atoms with Crippen molar-refractivity contribution in [2.45, 2.75) is 0 Å². The first-order valence-corrected chi connectivity index (χ1v) is 6.83. The lowest BCUT2D eigenvalue weighted by molar-refractivity contribution is 0.121. The molecule has 0 aromatic carbocycles. The second-order valence-corrected chi connectivity index (χ2v) is 4.62. The van der Waals surface area contributed by atoms with Gasteiger partial charge in [0.1, 0.15) is 0 Å². The van der Waals surface area contributed by atoms with E-state index in [0.29, 0.717) is 64.5 Å². The predicted molar refractivity (Wildman–Crippen MR) is 74.7 cm³/mol. The van der Waals surface area contributed by atoms with Gasteiger partial charge in [0.15, 0.2) is 0 Å². The normalized spacial score (nSPS) is 19.2. The zero-order chi connectivity index (χ0) is 14.5. The summed E-state index contributed by atoms with van der Waals surface area (Å²) in [7, 11) is 0. The predicted octanol–water partition coefficient (Wildman–Crippen LogP) is 0.487. The molecule has 0 spiro atoms. The topological polar surface area (TPSA) is 112 Å². The molecule has 0 bridgehead atoms. The van der Waals surface area contributed by atoms with E-state index in [2.05, 4.69) is 25.0 Å². The zero-order valence-electron chi connectivity index (χ0n) is 11.6. The van der Waals surface area contributed by atoms with Gasteiger partial charge >= 0.3 is 0 Å². The Labute approximate surface area is 121 Å². The van der Waals surface area contributed by atoms with E-state index >= 15 is 0 Å². The summed E-state index contributed by atoms with van der Waals surface area (Å²) in [5.74, 6) is 1.14. The molecule has 21 heavy (non-hydrogen) atoms. The minimum absolute atomic E-state index is 0.0930. The van der Waals surface area contributed by atoms with Crippen molar-refractivity contribution in [2.24, 2.45) is 5.11 Å². The average Bonchev–Trinajstić information content (AvgIpc) is 2.56. The van der Waals surface area contributed by atoms with Crippen LogP contribution in [0.2, 0.25) is 0 Å². The zero-order valence-corrected chi connectivity index (χ0v) is 11.6. The maximum Gasteiger partial charge on any atom is 0.230 e. The van der Waals surface area contributed by atoms with E-state index in [1.54, 1.807) is 0 Å². The molecule has 0 amide bonds. The van der Waals surface area contributed by atoms with Crippen LogP contribution in [0.15, 0.2) is 5.11 Å². The van der Waals surface area contributed by atoms with Gasteiger partial charge in [-0.05, 0) is 10.6 Å². The Bertz CT molecular complexity index is 499. The second kappa shape index (κ2) is 6.53. The van der Waals surface area contributed by atoms with Crippen molar-refractivity contribution in [3.05, 3.63) is 10.4 Å². The van der Waals surface area contributed by atoms with Gasteiger partial charge in [0.25, 0.3) is 0 Å². The molecule has 0 N–H and O–H groups in total. The van der Waals surface area contributed by atoms with Crippen molar-refractivity contribution in [3.8, 4) is 0 Å².